The number of nitrogens with one attached hydrogen (secondary N) is 2. The predicted molar refractivity (Wildman–Crippen MR) is 103 cm³/mol. The molecule has 0 spiro atoms. The van der Waals surface area contributed by atoms with Crippen LogP contribution in [0.25, 0.3) is 11.0 Å². The van der Waals surface area contributed by atoms with Gasteiger partial charge in [0.05, 0.1) is 13.7 Å². The number of ether oxygens (including phenoxy) is 2. The number of amides is 2. The highest BCUT2D eigenvalue weighted by Crippen LogP contribution is 2.24. The van der Waals surface area contributed by atoms with Crippen LogP contribution in [0.2, 0.25) is 0 Å². The Morgan fingerprint density at radius 1 is 1.11 bits per heavy atom. The van der Waals surface area contributed by atoms with Crippen molar-refractivity contribution >= 4 is 33.9 Å². The van der Waals surface area contributed by atoms with Gasteiger partial charge in [0.1, 0.15) is 23.7 Å². The summed E-state index contributed by atoms with van der Waals surface area (Å²) in [4.78, 5) is 23.9. The minimum atomic E-state index is -0.569. The van der Waals surface area contributed by atoms with Gasteiger partial charge in [0.15, 0.2) is 5.76 Å². The molecule has 146 valence electrons. The zero-order valence-corrected chi connectivity index (χ0v) is 15.7. The lowest BCUT2D eigenvalue weighted by atomic mass is 10.2. The van der Waals surface area contributed by atoms with E-state index in [0.717, 1.165) is 17.1 Å². The second-order valence-electron chi connectivity index (χ2n) is 5.59. The molecule has 3 aromatic rings. The van der Waals surface area contributed by atoms with Gasteiger partial charge in [-0.05, 0) is 60.3 Å². The Morgan fingerprint density at radius 2 is 1.86 bits per heavy atom. The van der Waals surface area contributed by atoms with Crippen LogP contribution in [0.4, 0.5) is 4.79 Å². The molecule has 28 heavy (non-hydrogen) atoms. The van der Waals surface area contributed by atoms with E-state index >= 15 is 0 Å². The fourth-order valence-corrected chi connectivity index (χ4v) is 2.95. The number of furan rings is 1. The van der Waals surface area contributed by atoms with Crippen molar-refractivity contribution in [1.82, 2.24) is 10.8 Å². The van der Waals surface area contributed by atoms with Gasteiger partial charge in [-0.1, -0.05) is 0 Å². The van der Waals surface area contributed by atoms with Crippen LogP contribution in [0.15, 0.2) is 57.8 Å². The summed E-state index contributed by atoms with van der Waals surface area (Å²) in [5.41, 5.74) is 2.15. The van der Waals surface area contributed by atoms with Crippen molar-refractivity contribution in [2.45, 2.75) is 4.90 Å². The molecule has 1 aromatic heterocycles. The van der Waals surface area contributed by atoms with Crippen molar-refractivity contribution in [3.05, 3.63) is 54.3 Å². The molecule has 0 saturated carbocycles. The number of hydrogen-bond donors (Lipinski definition) is 3. The van der Waals surface area contributed by atoms with E-state index in [-0.39, 0.29) is 18.3 Å². The standard InChI is InChI=1S/C19H18N2O6S/c1-25-14-4-7-16-12(10-14)11-17(27-16)18(22)20-8-9-26-13-2-5-15(6-3-13)28-19(23)21-24/h2-7,10-11,24H,8-9H2,1H3,(H,20,22)(H,21,23). The molecule has 2 amide bonds. The molecule has 0 unspecified atom stereocenters. The molecule has 3 rings (SSSR count). The normalized spacial score (nSPS) is 10.5. The number of hydroxylamine groups is 1. The molecule has 0 aliphatic carbocycles. The van der Waals surface area contributed by atoms with Crippen LogP contribution in [0.5, 0.6) is 11.5 Å². The van der Waals surface area contributed by atoms with E-state index in [0.29, 0.717) is 28.5 Å². The highest BCUT2D eigenvalue weighted by molar-refractivity contribution is 8.13. The second-order valence-corrected chi connectivity index (χ2v) is 6.64. The number of rotatable bonds is 7. The SMILES string of the molecule is COc1ccc2oc(C(=O)NCCOc3ccc(SC(=O)NO)cc3)cc2c1. The minimum Gasteiger partial charge on any atom is -0.497 e. The lowest BCUT2D eigenvalue weighted by molar-refractivity contribution is 0.0921. The molecule has 3 N–H and O–H groups in total. The summed E-state index contributed by atoms with van der Waals surface area (Å²) in [6.45, 7) is 0.562. The first kappa shape index (κ1) is 19.6. The molecule has 0 radical (unpaired) electrons. The summed E-state index contributed by atoms with van der Waals surface area (Å²) < 4.78 is 16.2. The largest absolute Gasteiger partial charge is 0.497 e. The van der Waals surface area contributed by atoms with Gasteiger partial charge < -0.3 is 19.2 Å². The maximum absolute atomic E-state index is 12.2. The summed E-state index contributed by atoms with van der Waals surface area (Å²) >= 11 is 0.855. The number of fused-ring (bicyclic) bond motifs is 1. The average molecular weight is 402 g/mol. The number of benzene rings is 2. The first-order chi connectivity index (χ1) is 13.6. The van der Waals surface area contributed by atoms with Crippen molar-refractivity contribution in [2.24, 2.45) is 0 Å². The van der Waals surface area contributed by atoms with E-state index in [2.05, 4.69) is 5.32 Å². The monoisotopic (exact) mass is 402 g/mol. The smallest absolute Gasteiger partial charge is 0.307 e. The summed E-state index contributed by atoms with van der Waals surface area (Å²) in [6.07, 6.45) is 0. The molecule has 9 heteroatoms. The van der Waals surface area contributed by atoms with Gasteiger partial charge in [0.2, 0.25) is 0 Å². The minimum absolute atomic E-state index is 0.215. The Kier molecular flexibility index (Phi) is 6.41. The number of thioether (sulfide) groups is 1. The molecule has 0 saturated heterocycles. The third-order valence-electron chi connectivity index (χ3n) is 3.73. The van der Waals surface area contributed by atoms with Crippen molar-refractivity contribution in [1.29, 1.82) is 0 Å². The lowest BCUT2D eigenvalue weighted by Gasteiger charge is -2.07. The van der Waals surface area contributed by atoms with Crippen LogP contribution >= 0.6 is 11.8 Å². The Bertz CT molecular complexity index is 970. The molecule has 0 aliphatic heterocycles. The quantitative estimate of drug-likeness (QED) is 0.240. The summed E-state index contributed by atoms with van der Waals surface area (Å²) in [5.74, 6) is 1.17. The van der Waals surface area contributed by atoms with Crippen LogP contribution in [0, 0.1) is 0 Å². The van der Waals surface area contributed by atoms with Crippen LogP contribution < -0.4 is 20.3 Å². The molecular formula is C19H18N2O6S. The fourth-order valence-electron chi connectivity index (χ4n) is 2.41. The molecule has 0 aliphatic rings. The molecule has 1 heterocycles. The molecule has 8 nitrogen and oxygen atoms in total. The third-order valence-corrected chi connectivity index (χ3v) is 4.51. The lowest BCUT2D eigenvalue weighted by Crippen LogP contribution is -2.27. The first-order valence-electron chi connectivity index (χ1n) is 8.29. The number of carbonyl (C=O) groups is 2. The summed E-state index contributed by atoms with van der Waals surface area (Å²) in [5, 5.41) is 11.4. The number of hydrogen-bond acceptors (Lipinski definition) is 7. The number of methoxy groups -OCH3 is 1. The summed E-state index contributed by atoms with van der Waals surface area (Å²) in [6, 6.07) is 13.7. The van der Waals surface area contributed by atoms with Gasteiger partial charge in [-0.15, -0.1) is 0 Å². The van der Waals surface area contributed by atoms with E-state index < -0.39 is 5.24 Å². The van der Waals surface area contributed by atoms with Gasteiger partial charge in [-0.2, -0.15) is 0 Å². The molecule has 0 bridgehead atoms. The summed E-state index contributed by atoms with van der Waals surface area (Å²) in [7, 11) is 1.58. The van der Waals surface area contributed by atoms with Crippen molar-refractivity contribution in [3.63, 3.8) is 0 Å². The van der Waals surface area contributed by atoms with Crippen LogP contribution in [0.1, 0.15) is 10.6 Å². The van der Waals surface area contributed by atoms with Gasteiger partial charge in [0, 0.05) is 10.3 Å². The molecule has 0 fully saturated rings. The predicted octanol–water partition coefficient (Wildman–Crippen LogP) is 3.44. The van der Waals surface area contributed by atoms with Gasteiger partial charge >= 0.3 is 5.24 Å². The van der Waals surface area contributed by atoms with Crippen molar-refractivity contribution < 1.29 is 28.7 Å². The molecular weight excluding hydrogens is 384 g/mol. The van der Waals surface area contributed by atoms with Crippen LogP contribution in [-0.4, -0.2) is 36.6 Å². The van der Waals surface area contributed by atoms with E-state index in [1.54, 1.807) is 61.1 Å². The molecule has 0 atom stereocenters. The average Bonchev–Trinajstić information content (AvgIpc) is 3.15. The van der Waals surface area contributed by atoms with Crippen molar-refractivity contribution in [2.75, 3.05) is 20.3 Å². The van der Waals surface area contributed by atoms with Crippen LogP contribution in [-0.2, 0) is 0 Å². The Balaban J connectivity index is 1.47. The van der Waals surface area contributed by atoms with E-state index in [1.807, 2.05) is 0 Å². The van der Waals surface area contributed by atoms with E-state index in [9.17, 15) is 9.59 Å². The first-order valence-corrected chi connectivity index (χ1v) is 9.11. The topological polar surface area (TPSA) is 110 Å². The maximum Gasteiger partial charge on any atom is 0.307 e. The maximum atomic E-state index is 12.2. The highest BCUT2D eigenvalue weighted by Gasteiger charge is 2.12. The Hall–Kier alpha value is -3.17. The number of carbonyl (C=O) groups excluding carboxylic acids is 2. The molecule has 2 aromatic carbocycles. The zero-order valence-electron chi connectivity index (χ0n) is 14.9. The Labute approximate surface area is 164 Å². The van der Waals surface area contributed by atoms with E-state index in [1.165, 1.54) is 0 Å². The van der Waals surface area contributed by atoms with E-state index in [4.69, 9.17) is 19.1 Å². The fraction of sp³-hybridized carbons (Fsp3) is 0.158. The third kappa shape index (κ3) is 4.96. The second kappa shape index (κ2) is 9.16. The zero-order chi connectivity index (χ0) is 19.9. The highest BCUT2D eigenvalue weighted by atomic mass is 32.2. The van der Waals surface area contributed by atoms with Crippen molar-refractivity contribution in [3.8, 4) is 11.5 Å². The van der Waals surface area contributed by atoms with Crippen LogP contribution in [0.3, 0.4) is 0 Å². The van der Waals surface area contributed by atoms with Gasteiger partial charge in [-0.25, -0.2) is 5.48 Å². The Morgan fingerprint density at radius 3 is 2.57 bits per heavy atom. The van der Waals surface area contributed by atoms with Gasteiger partial charge in [-0.3, -0.25) is 14.8 Å². The van der Waals surface area contributed by atoms with Gasteiger partial charge in [0.25, 0.3) is 5.91 Å².